The van der Waals surface area contributed by atoms with Crippen LogP contribution in [-0.4, -0.2) is 0 Å². The fourth-order valence-electron chi connectivity index (χ4n) is 5.54. The predicted octanol–water partition coefficient (Wildman–Crippen LogP) is 14.9. The summed E-state index contributed by atoms with van der Waals surface area (Å²) < 4.78 is 0. The van der Waals surface area contributed by atoms with Gasteiger partial charge in [-0.2, -0.15) is 0 Å². The molecule has 12 unspecified atom stereocenters. The summed E-state index contributed by atoms with van der Waals surface area (Å²) in [5.41, 5.74) is 0. The Kier molecular flexibility index (Phi) is 32.6. The van der Waals surface area contributed by atoms with Crippen LogP contribution >= 0.6 is 0 Å². The molecule has 0 aromatic heterocycles. The molecule has 0 aliphatic rings. The van der Waals surface area contributed by atoms with Crippen LogP contribution in [0.1, 0.15) is 190 Å². The van der Waals surface area contributed by atoms with Gasteiger partial charge in [-0.1, -0.05) is 183 Å². The van der Waals surface area contributed by atoms with Crippen LogP contribution in [0.25, 0.3) is 0 Å². The zero-order chi connectivity index (χ0) is 31.3. The molecule has 0 rings (SSSR count). The van der Waals surface area contributed by atoms with Crippen LogP contribution in [-0.2, 0) is 0 Å². The van der Waals surface area contributed by atoms with Gasteiger partial charge in [-0.25, -0.2) is 0 Å². The Hall–Kier alpha value is 0. The molecular formula is C40H88. The van der Waals surface area contributed by atoms with Crippen molar-refractivity contribution in [3.8, 4) is 0 Å². The summed E-state index contributed by atoms with van der Waals surface area (Å²) in [6.45, 7) is 42.6. The van der Waals surface area contributed by atoms with Gasteiger partial charge in [-0.15, -0.1) is 0 Å². The van der Waals surface area contributed by atoms with Crippen molar-refractivity contribution < 1.29 is 0 Å². The molecule has 0 nitrogen and oxygen atoms in total. The van der Waals surface area contributed by atoms with Gasteiger partial charge in [0.1, 0.15) is 0 Å². The van der Waals surface area contributed by atoms with Gasteiger partial charge in [0.25, 0.3) is 0 Å². The first-order valence-electron chi connectivity index (χ1n) is 18.1. The van der Waals surface area contributed by atoms with Gasteiger partial charge < -0.3 is 0 Å². The van der Waals surface area contributed by atoms with Crippen molar-refractivity contribution >= 4 is 0 Å². The fourth-order valence-corrected chi connectivity index (χ4v) is 5.54. The highest BCUT2D eigenvalue weighted by molar-refractivity contribution is 4.71. The Morgan fingerprint density at radius 3 is 0.675 bits per heavy atom. The normalized spacial score (nSPS) is 20.2. The molecule has 248 valence electrons. The number of rotatable bonds is 18. The van der Waals surface area contributed by atoms with Crippen LogP contribution in [0, 0.1) is 71.0 Å². The second kappa shape index (κ2) is 27.8. The van der Waals surface area contributed by atoms with Gasteiger partial charge in [-0.3, -0.25) is 0 Å². The van der Waals surface area contributed by atoms with Crippen molar-refractivity contribution in [1.82, 2.24) is 0 Å². The molecule has 0 spiro atoms. The summed E-state index contributed by atoms with van der Waals surface area (Å²) >= 11 is 0. The van der Waals surface area contributed by atoms with Crippen LogP contribution in [0.2, 0.25) is 0 Å². The maximum atomic E-state index is 2.41. The van der Waals surface area contributed by atoms with Crippen molar-refractivity contribution in [2.24, 2.45) is 71.0 Å². The van der Waals surface area contributed by atoms with Gasteiger partial charge >= 0.3 is 0 Å². The molecule has 0 fully saturated rings. The van der Waals surface area contributed by atoms with Gasteiger partial charge in [0, 0.05) is 0 Å². The molecular weight excluding hydrogens is 480 g/mol. The lowest BCUT2D eigenvalue weighted by atomic mass is 9.77. The molecule has 0 aliphatic carbocycles. The van der Waals surface area contributed by atoms with Crippen LogP contribution in [0.15, 0.2) is 0 Å². The summed E-state index contributed by atoms with van der Waals surface area (Å²) in [4.78, 5) is 0. The molecule has 0 saturated carbocycles. The van der Waals surface area contributed by atoms with Crippen molar-refractivity contribution in [3.05, 3.63) is 0 Å². The molecule has 0 bridgehead atoms. The van der Waals surface area contributed by atoms with E-state index in [1.54, 1.807) is 0 Å². The van der Waals surface area contributed by atoms with E-state index in [-0.39, 0.29) is 7.43 Å². The Bertz CT molecular complexity index is 450. The third kappa shape index (κ3) is 21.7. The molecule has 0 heterocycles. The third-order valence-electron chi connectivity index (χ3n) is 12.2. The number of hydrogen-bond donors (Lipinski definition) is 0. The lowest BCUT2D eigenvalue weighted by Crippen LogP contribution is -2.21. The Morgan fingerprint density at radius 1 is 0.275 bits per heavy atom. The van der Waals surface area contributed by atoms with Crippen LogP contribution in [0.5, 0.6) is 0 Å². The van der Waals surface area contributed by atoms with Gasteiger partial charge in [0.2, 0.25) is 0 Å². The van der Waals surface area contributed by atoms with E-state index in [1.807, 2.05) is 0 Å². The fraction of sp³-hybridized carbons (Fsp3) is 1.00. The van der Waals surface area contributed by atoms with Crippen molar-refractivity contribution in [1.29, 1.82) is 0 Å². The minimum absolute atomic E-state index is 0. The average Bonchev–Trinajstić information content (AvgIpc) is 2.96. The molecule has 0 N–H and O–H groups in total. The third-order valence-corrected chi connectivity index (χ3v) is 12.2. The zero-order valence-electron chi connectivity index (χ0n) is 31.3. The number of hydrogen-bond acceptors (Lipinski definition) is 0. The van der Waals surface area contributed by atoms with Crippen molar-refractivity contribution in [2.75, 3.05) is 0 Å². The Morgan fingerprint density at radius 2 is 0.475 bits per heavy atom. The SMILES string of the molecule is C.CCC(C)C(C)C(C)C(C)CC.CCC(C)C(C)CC(C)C(C)CC.CCC(C)C(C)CCC(C)C(C)CC. The van der Waals surface area contributed by atoms with E-state index in [0.717, 1.165) is 71.0 Å². The van der Waals surface area contributed by atoms with Crippen LogP contribution in [0.3, 0.4) is 0 Å². The average molecular weight is 569 g/mol. The van der Waals surface area contributed by atoms with E-state index in [2.05, 4.69) is 125 Å². The molecule has 0 aromatic carbocycles. The molecule has 0 radical (unpaired) electrons. The predicted molar refractivity (Wildman–Crippen MR) is 192 cm³/mol. The molecule has 0 saturated heterocycles. The molecule has 12 atom stereocenters. The Labute approximate surface area is 260 Å². The van der Waals surface area contributed by atoms with E-state index in [0.29, 0.717) is 0 Å². The first-order chi connectivity index (χ1) is 18.1. The second-order valence-electron chi connectivity index (χ2n) is 14.8. The molecule has 0 aliphatic heterocycles. The van der Waals surface area contributed by atoms with Crippen molar-refractivity contribution in [2.45, 2.75) is 190 Å². The Balaban J connectivity index is -0.000000241. The largest absolute Gasteiger partial charge is 0.0776 e. The summed E-state index contributed by atoms with van der Waals surface area (Å²) in [5.74, 6) is 10.7. The smallest absolute Gasteiger partial charge is 0.0389 e. The highest BCUT2D eigenvalue weighted by atomic mass is 14.3. The monoisotopic (exact) mass is 569 g/mol. The minimum Gasteiger partial charge on any atom is -0.0776 e. The molecule has 0 amide bonds. The van der Waals surface area contributed by atoms with Crippen LogP contribution in [0.4, 0.5) is 0 Å². The highest BCUT2D eigenvalue weighted by Gasteiger charge is 2.21. The van der Waals surface area contributed by atoms with Crippen molar-refractivity contribution in [3.63, 3.8) is 0 Å². The van der Waals surface area contributed by atoms with E-state index in [9.17, 15) is 0 Å². The van der Waals surface area contributed by atoms with E-state index in [4.69, 9.17) is 0 Å². The van der Waals surface area contributed by atoms with Crippen LogP contribution < -0.4 is 0 Å². The van der Waals surface area contributed by atoms with E-state index in [1.165, 1.54) is 57.8 Å². The summed E-state index contributed by atoms with van der Waals surface area (Å²) in [5, 5.41) is 0. The summed E-state index contributed by atoms with van der Waals surface area (Å²) in [6.07, 6.45) is 12.2. The first kappa shape index (κ1) is 46.9. The second-order valence-corrected chi connectivity index (χ2v) is 14.8. The molecule has 0 heteroatoms. The van der Waals surface area contributed by atoms with E-state index < -0.39 is 0 Å². The standard InChI is InChI=1S/C14H30.C13H28.C12H26.CH4/c1-7-11(3)13(5)9-10-14(6)12(4)8-2;1-7-10(3)12(5)9-13(6)11(4)8-2;1-7-9(3)11(5)12(6)10(4)8-2;/h11-14H,7-10H2,1-6H3;10-13H,7-9H2,1-6H3;9-12H,7-8H2,1-6H3;1H4. The van der Waals surface area contributed by atoms with Gasteiger partial charge in [-0.05, 0) is 77.4 Å². The molecule has 0 aromatic rings. The summed E-state index contributed by atoms with van der Waals surface area (Å²) in [6, 6.07) is 0. The van der Waals surface area contributed by atoms with E-state index >= 15 is 0 Å². The lowest BCUT2D eigenvalue weighted by Gasteiger charge is -2.29. The highest BCUT2D eigenvalue weighted by Crippen LogP contribution is 2.30. The minimum atomic E-state index is 0. The van der Waals surface area contributed by atoms with Gasteiger partial charge in [0.05, 0.1) is 0 Å². The topological polar surface area (TPSA) is 0 Å². The molecule has 40 heavy (non-hydrogen) atoms. The first-order valence-corrected chi connectivity index (χ1v) is 18.1. The maximum Gasteiger partial charge on any atom is -0.0389 e. The van der Waals surface area contributed by atoms with Gasteiger partial charge in [0.15, 0.2) is 0 Å². The lowest BCUT2D eigenvalue weighted by molar-refractivity contribution is 0.205. The zero-order valence-corrected chi connectivity index (χ0v) is 31.3. The quantitative estimate of drug-likeness (QED) is 0.154. The maximum absolute atomic E-state index is 2.41. The summed E-state index contributed by atoms with van der Waals surface area (Å²) in [7, 11) is 0.